The van der Waals surface area contributed by atoms with E-state index >= 15 is 0 Å². The molecule has 29 heavy (non-hydrogen) atoms. The van der Waals surface area contributed by atoms with Gasteiger partial charge in [-0.3, -0.25) is 0 Å². The molecule has 4 rings (SSSR count). The molecule has 0 bridgehead atoms. The normalized spacial score (nSPS) is 11.8. The topological polar surface area (TPSA) is 47.0 Å². The number of aromatic nitrogens is 2. The maximum absolute atomic E-state index is 13.5. The van der Waals surface area contributed by atoms with Crippen LogP contribution in [0.2, 0.25) is 0 Å². The van der Waals surface area contributed by atoms with E-state index in [0.29, 0.717) is 17.4 Å². The van der Waals surface area contributed by atoms with Crippen molar-refractivity contribution in [2.75, 3.05) is 5.32 Å². The molecule has 0 amide bonds. The maximum atomic E-state index is 13.5. The first-order chi connectivity index (χ1) is 14.1. The monoisotopic (exact) mass is 385 g/mol. The number of benzene rings is 2. The summed E-state index contributed by atoms with van der Waals surface area (Å²) < 4.78 is 19.4. The fourth-order valence-electron chi connectivity index (χ4n) is 3.13. The van der Waals surface area contributed by atoms with Crippen LogP contribution < -0.4 is 10.1 Å². The molecule has 5 heteroatoms. The molecule has 0 spiro atoms. The van der Waals surface area contributed by atoms with Crippen molar-refractivity contribution in [3.63, 3.8) is 0 Å². The molecule has 0 aliphatic heterocycles. The molecule has 0 radical (unpaired) electrons. The Hall–Kier alpha value is -3.73. The first-order valence-corrected chi connectivity index (χ1v) is 9.30. The summed E-state index contributed by atoms with van der Waals surface area (Å²) in [6.45, 7) is 5.85. The molecule has 1 N–H and O–H groups in total. The molecule has 0 aliphatic carbocycles. The Kier molecular flexibility index (Phi) is 5.20. The smallest absolute Gasteiger partial charge is 0.230 e. The Morgan fingerprint density at radius 1 is 1.03 bits per heavy atom. The lowest BCUT2D eigenvalue weighted by Gasteiger charge is -2.18. The molecule has 144 valence electrons. The van der Waals surface area contributed by atoms with Gasteiger partial charge in [-0.05, 0) is 47.7 Å². The number of nitrogens with one attached hydrogen (secondary N) is 1. The van der Waals surface area contributed by atoms with Crippen molar-refractivity contribution < 1.29 is 9.13 Å². The molecule has 2 aromatic carbocycles. The minimum absolute atomic E-state index is 0.00851. The van der Waals surface area contributed by atoms with Crippen LogP contribution in [0.3, 0.4) is 0 Å². The molecular formula is C24H20FN3O. The summed E-state index contributed by atoms with van der Waals surface area (Å²) in [5, 5.41) is 5.12. The lowest BCUT2D eigenvalue weighted by Crippen LogP contribution is -2.08. The van der Waals surface area contributed by atoms with Crippen molar-refractivity contribution in [1.29, 1.82) is 0 Å². The second kappa shape index (κ2) is 8.10. The number of halogens is 1. The van der Waals surface area contributed by atoms with Crippen LogP contribution in [0.5, 0.6) is 11.6 Å². The van der Waals surface area contributed by atoms with E-state index in [-0.39, 0.29) is 11.9 Å². The highest BCUT2D eigenvalue weighted by atomic mass is 19.1. The average Bonchev–Trinajstić information content (AvgIpc) is 2.74. The van der Waals surface area contributed by atoms with Crippen molar-refractivity contribution in [3.05, 3.63) is 96.6 Å². The van der Waals surface area contributed by atoms with Gasteiger partial charge in [0.2, 0.25) is 5.88 Å². The number of hydrogen-bond donors (Lipinski definition) is 1. The summed E-state index contributed by atoms with van der Waals surface area (Å²) in [4.78, 5) is 8.86. The van der Waals surface area contributed by atoms with E-state index in [1.165, 1.54) is 12.1 Å². The zero-order valence-corrected chi connectivity index (χ0v) is 16.0. The van der Waals surface area contributed by atoms with E-state index in [2.05, 4.69) is 40.9 Å². The summed E-state index contributed by atoms with van der Waals surface area (Å²) in [5.41, 5.74) is 2.19. The molecule has 0 fully saturated rings. The molecule has 2 heterocycles. The molecule has 1 unspecified atom stereocenters. The van der Waals surface area contributed by atoms with Gasteiger partial charge in [-0.2, -0.15) is 0 Å². The summed E-state index contributed by atoms with van der Waals surface area (Å²) in [5.74, 6) is 1.05. The third-order valence-corrected chi connectivity index (χ3v) is 4.68. The van der Waals surface area contributed by atoms with Gasteiger partial charge >= 0.3 is 0 Å². The van der Waals surface area contributed by atoms with Crippen LogP contribution in [0.15, 0.2) is 79.6 Å². The summed E-state index contributed by atoms with van der Waals surface area (Å²) in [6.07, 6.45) is 5.22. The fourth-order valence-corrected chi connectivity index (χ4v) is 3.13. The van der Waals surface area contributed by atoms with Gasteiger partial charge in [0, 0.05) is 24.5 Å². The number of fused-ring (bicyclic) bond motifs is 1. The third kappa shape index (κ3) is 4.09. The Morgan fingerprint density at radius 2 is 1.79 bits per heavy atom. The van der Waals surface area contributed by atoms with E-state index in [0.717, 1.165) is 21.9 Å². The van der Waals surface area contributed by atoms with Gasteiger partial charge in [-0.1, -0.05) is 43.0 Å². The lowest BCUT2D eigenvalue weighted by atomic mass is 10.1. The molecule has 4 aromatic rings. The third-order valence-electron chi connectivity index (χ3n) is 4.68. The largest absolute Gasteiger partial charge is 0.438 e. The minimum atomic E-state index is -0.365. The van der Waals surface area contributed by atoms with Crippen molar-refractivity contribution >= 4 is 22.7 Å². The highest BCUT2D eigenvalue weighted by molar-refractivity contribution is 5.95. The number of pyridine rings is 2. The van der Waals surface area contributed by atoms with Crippen molar-refractivity contribution in [1.82, 2.24) is 9.97 Å². The standard InChI is InChI=1S/C24H20FN3O/c1-3-17-7-9-18(10-8-17)16(2)28-23-22-19(11-13-26-23)12-14-27-24(22)29-21-6-4-5-20(25)15-21/h3-16H,1H2,2H3,(H,26,28). The van der Waals surface area contributed by atoms with Crippen LogP contribution in [0, 0.1) is 5.82 Å². The number of nitrogens with zero attached hydrogens (tertiary/aromatic N) is 2. The second-order valence-corrected chi connectivity index (χ2v) is 6.67. The maximum Gasteiger partial charge on any atom is 0.230 e. The van der Waals surface area contributed by atoms with Crippen LogP contribution in [0.4, 0.5) is 10.2 Å². The van der Waals surface area contributed by atoms with Crippen LogP contribution in [-0.2, 0) is 0 Å². The van der Waals surface area contributed by atoms with Crippen molar-refractivity contribution in [3.8, 4) is 11.6 Å². The van der Waals surface area contributed by atoms with E-state index in [1.807, 2.05) is 30.3 Å². The second-order valence-electron chi connectivity index (χ2n) is 6.67. The van der Waals surface area contributed by atoms with E-state index in [4.69, 9.17) is 4.74 Å². The quantitative estimate of drug-likeness (QED) is 0.418. The van der Waals surface area contributed by atoms with Crippen LogP contribution in [0.25, 0.3) is 16.8 Å². The van der Waals surface area contributed by atoms with Crippen LogP contribution in [-0.4, -0.2) is 9.97 Å². The Bertz CT molecular complexity index is 1150. The number of hydrogen-bond acceptors (Lipinski definition) is 4. The molecular weight excluding hydrogens is 365 g/mol. The highest BCUT2D eigenvalue weighted by Gasteiger charge is 2.14. The Morgan fingerprint density at radius 3 is 2.52 bits per heavy atom. The molecule has 1 atom stereocenters. The lowest BCUT2D eigenvalue weighted by molar-refractivity contribution is 0.464. The van der Waals surface area contributed by atoms with E-state index in [1.54, 1.807) is 24.5 Å². The Balaban J connectivity index is 1.69. The van der Waals surface area contributed by atoms with Gasteiger partial charge in [0.1, 0.15) is 17.4 Å². The fraction of sp³-hybridized carbons (Fsp3) is 0.0833. The van der Waals surface area contributed by atoms with Gasteiger partial charge in [-0.25, -0.2) is 14.4 Å². The zero-order valence-electron chi connectivity index (χ0n) is 16.0. The summed E-state index contributed by atoms with van der Waals surface area (Å²) in [6, 6.07) is 17.9. The van der Waals surface area contributed by atoms with Crippen LogP contribution >= 0.6 is 0 Å². The highest BCUT2D eigenvalue weighted by Crippen LogP contribution is 2.33. The number of ether oxygens (including phenoxy) is 1. The van der Waals surface area contributed by atoms with Gasteiger partial charge < -0.3 is 10.1 Å². The molecule has 0 aliphatic rings. The average molecular weight is 385 g/mol. The van der Waals surface area contributed by atoms with E-state index < -0.39 is 0 Å². The number of rotatable bonds is 6. The minimum Gasteiger partial charge on any atom is -0.438 e. The molecule has 2 aromatic heterocycles. The molecule has 0 saturated heterocycles. The predicted octanol–water partition coefficient (Wildman–Crippen LogP) is 6.38. The first kappa shape index (κ1) is 18.6. The SMILES string of the molecule is C=Cc1ccc(C(C)Nc2nccc3ccnc(Oc4cccc(F)c4)c23)cc1. The first-order valence-electron chi connectivity index (χ1n) is 9.30. The van der Waals surface area contributed by atoms with Gasteiger partial charge in [0.25, 0.3) is 0 Å². The van der Waals surface area contributed by atoms with Gasteiger partial charge in [0.05, 0.1) is 5.39 Å². The van der Waals surface area contributed by atoms with E-state index in [9.17, 15) is 4.39 Å². The summed E-state index contributed by atoms with van der Waals surface area (Å²) >= 11 is 0. The predicted molar refractivity (Wildman–Crippen MR) is 115 cm³/mol. The van der Waals surface area contributed by atoms with Gasteiger partial charge in [-0.15, -0.1) is 0 Å². The van der Waals surface area contributed by atoms with Gasteiger partial charge in [0.15, 0.2) is 0 Å². The summed E-state index contributed by atoms with van der Waals surface area (Å²) in [7, 11) is 0. The van der Waals surface area contributed by atoms with Crippen molar-refractivity contribution in [2.45, 2.75) is 13.0 Å². The Labute approximate surface area is 168 Å². The van der Waals surface area contributed by atoms with Crippen LogP contribution in [0.1, 0.15) is 24.1 Å². The van der Waals surface area contributed by atoms with Crippen molar-refractivity contribution in [2.24, 2.45) is 0 Å². The number of anilines is 1. The zero-order chi connectivity index (χ0) is 20.2. The molecule has 0 saturated carbocycles. The molecule has 4 nitrogen and oxygen atoms in total.